The van der Waals surface area contributed by atoms with Crippen molar-refractivity contribution in [3.8, 4) is 0 Å². The molecule has 0 bridgehead atoms. The molecule has 1 fully saturated rings. The summed E-state index contributed by atoms with van der Waals surface area (Å²) in [5.74, 6) is 0.807. The molecule has 1 aromatic carbocycles. The molecule has 1 aliphatic rings. The highest BCUT2D eigenvalue weighted by Crippen LogP contribution is 2.33. The van der Waals surface area contributed by atoms with Crippen LogP contribution in [-0.2, 0) is 0 Å². The van der Waals surface area contributed by atoms with Crippen molar-refractivity contribution in [1.82, 2.24) is 4.90 Å². The van der Waals surface area contributed by atoms with E-state index in [2.05, 4.69) is 12.1 Å². The summed E-state index contributed by atoms with van der Waals surface area (Å²) in [4.78, 5) is 13.3. The van der Waals surface area contributed by atoms with Crippen molar-refractivity contribution in [2.45, 2.75) is 31.6 Å². The summed E-state index contributed by atoms with van der Waals surface area (Å²) >= 11 is 0. The normalized spacial score (nSPS) is 16.4. The lowest BCUT2D eigenvalue weighted by atomic mass is 9.96. The van der Waals surface area contributed by atoms with E-state index in [1.54, 1.807) is 19.0 Å². The molecule has 1 amide bonds. The number of benzene rings is 1. The first-order valence-corrected chi connectivity index (χ1v) is 6.00. The summed E-state index contributed by atoms with van der Waals surface area (Å²) in [6, 6.07) is 8.14. The molecule has 2 heteroatoms. The lowest BCUT2D eigenvalue weighted by Crippen LogP contribution is -2.21. The summed E-state index contributed by atoms with van der Waals surface area (Å²) in [6.45, 7) is 0. The van der Waals surface area contributed by atoms with Crippen LogP contribution in [0.5, 0.6) is 0 Å². The summed E-state index contributed by atoms with van der Waals surface area (Å²) in [6.07, 6.45) is 5.31. The van der Waals surface area contributed by atoms with Gasteiger partial charge < -0.3 is 4.90 Å². The fourth-order valence-corrected chi connectivity index (χ4v) is 2.42. The first kappa shape index (κ1) is 11.2. The highest BCUT2D eigenvalue weighted by Gasteiger charge is 2.17. The van der Waals surface area contributed by atoms with E-state index in [9.17, 15) is 4.79 Å². The van der Waals surface area contributed by atoms with Gasteiger partial charge in [-0.3, -0.25) is 4.79 Å². The van der Waals surface area contributed by atoms with E-state index in [1.807, 2.05) is 12.1 Å². The van der Waals surface area contributed by atoms with Crippen LogP contribution in [0.1, 0.15) is 47.5 Å². The van der Waals surface area contributed by atoms with E-state index in [1.165, 1.54) is 31.2 Å². The summed E-state index contributed by atoms with van der Waals surface area (Å²) in [5, 5.41) is 0. The Balaban J connectivity index is 2.12. The van der Waals surface area contributed by atoms with Gasteiger partial charge in [-0.1, -0.05) is 25.0 Å². The van der Waals surface area contributed by atoms with Gasteiger partial charge in [0.2, 0.25) is 0 Å². The summed E-state index contributed by atoms with van der Waals surface area (Å²) in [5.41, 5.74) is 2.18. The molecule has 0 atom stereocenters. The second-order valence-corrected chi connectivity index (χ2v) is 4.80. The number of hydrogen-bond donors (Lipinski definition) is 0. The van der Waals surface area contributed by atoms with Gasteiger partial charge in [0.25, 0.3) is 5.91 Å². The largest absolute Gasteiger partial charge is 0.345 e. The number of nitrogens with zero attached hydrogens (tertiary/aromatic N) is 1. The quantitative estimate of drug-likeness (QED) is 0.745. The third kappa shape index (κ3) is 2.26. The maximum absolute atomic E-state index is 11.7. The van der Waals surface area contributed by atoms with Gasteiger partial charge in [0, 0.05) is 19.7 Å². The minimum atomic E-state index is 0.0815. The molecule has 2 nitrogen and oxygen atoms in total. The average molecular weight is 217 g/mol. The average Bonchev–Trinajstić information content (AvgIpc) is 2.81. The van der Waals surface area contributed by atoms with Crippen LogP contribution in [0.15, 0.2) is 24.3 Å². The van der Waals surface area contributed by atoms with Crippen LogP contribution in [0.4, 0.5) is 0 Å². The van der Waals surface area contributed by atoms with E-state index in [0.29, 0.717) is 0 Å². The summed E-state index contributed by atoms with van der Waals surface area (Å²) in [7, 11) is 3.57. The molecule has 0 unspecified atom stereocenters. The van der Waals surface area contributed by atoms with Crippen LogP contribution in [-0.4, -0.2) is 24.9 Å². The molecular formula is C14H19NO. The molecule has 1 aliphatic carbocycles. The molecule has 1 aromatic rings. The fourth-order valence-electron chi connectivity index (χ4n) is 2.42. The Labute approximate surface area is 97.3 Å². The standard InChI is InChI=1S/C14H19NO/c1-15(2)14(16)13-9-7-12(8-10-13)11-5-3-4-6-11/h7-11H,3-6H2,1-2H3. The predicted molar refractivity (Wildman–Crippen MR) is 65.7 cm³/mol. The third-order valence-electron chi connectivity index (χ3n) is 3.39. The highest BCUT2D eigenvalue weighted by atomic mass is 16.2. The number of carbonyl (C=O) groups is 1. The summed E-state index contributed by atoms with van der Waals surface area (Å²) < 4.78 is 0. The molecule has 1 saturated carbocycles. The van der Waals surface area contributed by atoms with Crippen molar-refractivity contribution in [2.75, 3.05) is 14.1 Å². The van der Waals surface area contributed by atoms with Gasteiger partial charge in [-0.05, 0) is 36.5 Å². The molecule has 0 N–H and O–H groups in total. The Morgan fingerprint density at radius 3 is 2.19 bits per heavy atom. The number of amides is 1. The second kappa shape index (κ2) is 4.69. The molecule has 0 heterocycles. The Morgan fingerprint density at radius 2 is 1.69 bits per heavy atom. The molecule has 0 aromatic heterocycles. The minimum Gasteiger partial charge on any atom is -0.345 e. The first-order valence-electron chi connectivity index (χ1n) is 6.00. The fraction of sp³-hybridized carbons (Fsp3) is 0.500. The molecule has 0 radical (unpaired) electrons. The molecular weight excluding hydrogens is 198 g/mol. The van der Waals surface area contributed by atoms with Crippen molar-refractivity contribution in [1.29, 1.82) is 0 Å². The molecule has 0 aliphatic heterocycles. The van der Waals surface area contributed by atoms with Crippen LogP contribution in [0, 0.1) is 0 Å². The minimum absolute atomic E-state index is 0.0815. The topological polar surface area (TPSA) is 20.3 Å². The zero-order valence-corrected chi connectivity index (χ0v) is 10.1. The second-order valence-electron chi connectivity index (χ2n) is 4.80. The number of carbonyl (C=O) groups excluding carboxylic acids is 1. The molecule has 16 heavy (non-hydrogen) atoms. The van der Waals surface area contributed by atoms with E-state index >= 15 is 0 Å². The third-order valence-corrected chi connectivity index (χ3v) is 3.39. The molecule has 86 valence electrons. The smallest absolute Gasteiger partial charge is 0.253 e. The van der Waals surface area contributed by atoms with Crippen molar-refractivity contribution in [3.63, 3.8) is 0 Å². The Hall–Kier alpha value is -1.31. The first-order chi connectivity index (χ1) is 7.68. The van der Waals surface area contributed by atoms with Gasteiger partial charge >= 0.3 is 0 Å². The van der Waals surface area contributed by atoms with Gasteiger partial charge in [0.1, 0.15) is 0 Å². The van der Waals surface area contributed by atoms with Gasteiger partial charge in [0.05, 0.1) is 0 Å². The van der Waals surface area contributed by atoms with Crippen molar-refractivity contribution in [3.05, 3.63) is 35.4 Å². The van der Waals surface area contributed by atoms with Crippen LogP contribution in [0.2, 0.25) is 0 Å². The zero-order valence-electron chi connectivity index (χ0n) is 10.1. The van der Waals surface area contributed by atoms with Crippen molar-refractivity contribution >= 4 is 5.91 Å². The number of rotatable bonds is 2. The zero-order chi connectivity index (χ0) is 11.5. The maximum Gasteiger partial charge on any atom is 0.253 e. The van der Waals surface area contributed by atoms with Gasteiger partial charge in [-0.25, -0.2) is 0 Å². The SMILES string of the molecule is CN(C)C(=O)c1ccc(C2CCCC2)cc1. The van der Waals surface area contributed by atoms with Crippen LogP contribution >= 0.6 is 0 Å². The van der Waals surface area contributed by atoms with Crippen molar-refractivity contribution in [2.24, 2.45) is 0 Å². The maximum atomic E-state index is 11.7. The lowest BCUT2D eigenvalue weighted by molar-refractivity contribution is 0.0827. The number of hydrogen-bond acceptors (Lipinski definition) is 1. The van der Waals surface area contributed by atoms with Crippen LogP contribution < -0.4 is 0 Å². The van der Waals surface area contributed by atoms with E-state index in [4.69, 9.17) is 0 Å². The Morgan fingerprint density at radius 1 is 1.12 bits per heavy atom. The van der Waals surface area contributed by atoms with Gasteiger partial charge in [0.15, 0.2) is 0 Å². The van der Waals surface area contributed by atoms with Crippen LogP contribution in [0.25, 0.3) is 0 Å². The Bertz CT molecular complexity index is 361. The van der Waals surface area contributed by atoms with E-state index < -0.39 is 0 Å². The lowest BCUT2D eigenvalue weighted by Gasteiger charge is -2.12. The molecule has 0 spiro atoms. The van der Waals surface area contributed by atoms with E-state index in [-0.39, 0.29) is 5.91 Å². The highest BCUT2D eigenvalue weighted by molar-refractivity contribution is 5.93. The van der Waals surface area contributed by atoms with E-state index in [0.717, 1.165) is 11.5 Å². The molecule has 2 rings (SSSR count). The Kier molecular flexibility index (Phi) is 3.28. The van der Waals surface area contributed by atoms with Crippen LogP contribution in [0.3, 0.4) is 0 Å². The molecule has 0 saturated heterocycles. The van der Waals surface area contributed by atoms with Gasteiger partial charge in [-0.2, -0.15) is 0 Å². The predicted octanol–water partition coefficient (Wildman–Crippen LogP) is 3.05. The van der Waals surface area contributed by atoms with Gasteiger partial charge in [-0.15, -0.1) is 0 Å². The van der Waals surface area contributed by atoms with Crippen molar-refractivity contribution < 1.29 is 4.79 Å². The monoisotopic (exact) mass is 217 g/mol.